The molecule has 2 aromatic rings. The van der Waals surface area contributed by atoms with Gasteiger partial charge in [0.15, 0.2) is 16.7 Å². The van der Waals surface area contributed by atoms with Gasteiger partial charge < -0.3 is 9.47 Å². The van der Waals surface area contributed by atoms with E-state index in [4.69, 9.17) is 21.1 Å². The average Bonchev–Trinajstić information content (AvgIpc) is 3.01. The molecular weight excluding hydrogens is 422 g/mol. The number of rotatable bonds is 6. The Morgan fingerprint density at radius 3 is 2.73 bits per heavy atom. The largest absolute Gasteiger partial charge is 0.490 e. The van der Waals surface area contributed by atoms with Gasteiger partial charge in [0.05, 0.1) is 28.2 Å². The Bertz CT molecular complexity index is 1080. The predicted molar refractivity (Wildman–Crippen MR) is 120 cm³/mol. The maximum Gasteiger partial charge on any atom is 0.266 e. The maximum absolute atomic E-state index is 12.4. The third kappa shape index (κ3) is 4.61. The van der Waals surface area contributed by atoms with Gasteiger partial charge in [0.2, 0.25) is 0 Å². The van der Waals surface area contributed by atoms with Gasteiger partial charge in [-0.1, -0.05) is 29.8 Å². The van der Waals surface area contributed by atoms with Crippen molar-refractivity contribution in [1.29, 1.82) is 5.26 Å². The molecule has 1 saturated heterocycles. The Balaban J connectivity index is 1.90. The Morgan fingerprint density at radius 2 is 2.07 bits per heavy atom. The van der Waals surface area contributed by atoms with Crippen molar-refractivity contribution in [3.63, 3.8) is 0 Å². The van der Waals surface area contributed by atoms with Gasteiger partial charge in [-0.3, -0.25) is 14.7 Å². The smallest absolute Gasteiger partial charge is 0.266 e. The fourth-order valence-corrected chi connectivity index (χ4v) is 4.08. The number of hydrogen-bond acceptors (Lipinski definition) is 6. The third-order valence-electron chi connectivity index (χ3n) is 4.33. The van der Waals surface area contributed by atoms with E-state index in [2.05, 4.69) is 11.1 Å². The first-order valence-electron chi connectivity index (χ1n) is 9.20. The number of ether oxygens (including phenoxy) is 2. The van der Waals surface area contributed by atoms with Crippen LogP contribution in [-0.4, -0.2) is 36.7 Å². The minimum Gasteiger partial charge on any atom is -0.490 e. The van der Waals surface area contributed by atoms with Crippen LogP contribution in [0.2, 0.25) is 5.02 Å². The van der Waals surface area contributed by atoms with Crippen LogP contribution in [0.15, 0.2) is 46.3 Å². The average molecular weight is 442 g/mol. The number of likely N-dealkylation sites (N-methyl/N-ethyl adjacent to an activating group) is 1. The first kappa shape index (κ1) is 21.8. The monoisotopic (exact) mass is 441 g/mol. The Kier molecular flexibility index (Phi) is 7.03. The van der Waals surface area contributed by atoms with Crippen molar-refractivity contribution in [2.75, 3.05) is 20.7 Å². The van der Waals surface area contributed by atoms with E-state index in [0.29, 0.717) is 38.8 Å². The summed E-state index contributed by atoms with van der Waals surface area (Å²) < 4.78 is 11.6. The lowest BCUT2D eigenvalue weighted by atomic mass is 10.1. The second kappa shape index (κ2) is 9.70. The van der Waals surface area contributed by atoms with E-state index < -0.39 is 0 Å². The van der Waals surface area contributed by atoms with Gasteiger partial charge in [-0.05, 0) is 48.5 Å². The lowest BCUT2D eigenvalue weighted by Crippen LogP contribution is -2.23. The molecule has 0 spiro atoms. The van der Waals surface area contributed by atoms with Crippen LogP contribution in [0.1, 0.15) is 23.6 Å². The Morgan fingerprint density at radius 1 is 1.30 bits per heavy atom. The fraction of sp³-hybridized carbons (Fsp3) is 0.227. The molecule has 1 fully saturated rings. The SMILES string of the molecule is CCOc1cc(/C=C2/SC(=NC)N(C)C2=O)cc(Cl)c1OCc1ccccc1C#N. The molecule has 0 unspecified atom stereocenters. The molecule has 1 aliphatic heterocycles. The summed E-state index contributed by atoms with van der Waals surface area (Å²) in [4.78, 5) is 18.6. The highest BCUT2D eigenvalue weighted by atomic mass is 35.5. The summed E-state index contributed by atoms with van der Waals surface area (Å²) in [7, 11) is 3.34. The molecule has 2 aromatic carbocycles. The molecule has 1 amide bonds. The number of amides is 1. The summed E-state index contributed by atoms with van der Waals surface area (Å²) in [6.07, 6.45) is 1.75. The molecule has 0 radical (unpaired) electrons. The third-order valence-corrected chi connectivity index (χ3v) is 5.77. The molecule has 0 bridgehead atoms. The first-order valence-corrected chi connectivity index (χ1v) is 10.4. The van der Waals surface area contributed by atoms with Crippen LogP contribution < -0.4 is 9.47 Å². The van der Waals surface area contributed by atoms with Crippen molar-refractivity contribution in [2.45, 2.75) is 13.5 Å². The summed E-state index contributed by atoms with van der Waals surface area (Å²) >= 11 is 7.80. The van der Waals surface area contributed by atoms with Gasteiger partial charge >= 0.3 is 0 Å². The summed E-state index contributed by atoms with van der Waals surface area (Å²) in [5, 5.41) is 10.2. The number of nitriles is 1. The number of aliphatic imine (C=N–C) groups is 1. The molecule has 6 nitrogen and oxygen atoms in total. The fourth-order valence-electron chi connectivity index (χ4n) is 2.88. The van der Waals surface area contributed by atoms with Gasteiger partial charge in [-0.25, -0.2) is 0 Å². The van der Waals surface area contributed by atoms with Crippen molar-refractivity contribution in [3.8, 4) is 17.6 Å². The number of nitrogens with zero attached hydrogens (tertiary/aromatic N) is 3. The number of thioether (sulfide) groups is 1. The van der Waals surface area contributed by atoms with Crippen LogP contribution in [0.25, 0.3) is 6.08 Å². The minimum atomic E-state index is -0.122. The lowest BCUT2D eigenvalue weighted by molar-refractivity contribution is -0.121. The van der Waals surface area contributed by atoms with Gasteiger partial charge in [-0.15, -0.1) is 0 Å². The van der Waals surface area contributed by atoms with E-state index in [1.807, 2.05) is 19.1 Å². The number of hydrogen-bond donors (Lipinski definition) is 0. The molecule has 0 aliphatic carbocycles. The second-order valence-corrected chi connectivity index (χ2v) is 7.72. The van der Waals surface area contributed by atoms with Crippen LogP contribution in [0.5, 0.6) is 11.5 Å². The molecule has 30 heavy (non-hydrogen) atoms. The van der Waals surface area contributed by atoms with E-state index >= 15 is 0 Å². The van der Waals surface area contributed by atoms with E-state index in [9.17, 15) is 10.1 Å². The predicted octanol–water partition coefficient (Wildman–Crippen LogP) is 4.72. The Labute approximate surface area is 184 Å². The highest BCUT2D eigenvalue weighted by Gasteiger charge is 2.29. The molecule has 1 heterocycles. The van der Waals surface area contributed by atoms with Gasteiger partial charge in [0.1, 0.15) is 6.61 Å². The number of carbonyl (C=O) groups excluding carboxylic acids is 1. The summed E-state index contributed by atoms with van der Waals surface area (Å²) in [5.41, 5.74) is 2.02. The maximum atomic E-state index is 12.4. The Hall–Kier alpha value is -2.95. The van der Waals surface area contributed by atoms with Crippen LogP contribution in [0, 0.1) is 11.3 Å². The zero-order chi connectivity index (χ0) is 21.7. The van der Waals surface area contributed by atoms with E-state index in [-0.39, 0.29) is 12.5 Å². The zero-order valence-electron chi connectivity index (χ0n) is 16.8. The summed E-state index contributed by atoms with van der Waals surface area (Å²) in [6.45, 7) is 2.47. The van der Waals surface area contributed by atoms with Crippen molar-refractivity contribution in [2.24, 2.45) is 4.99 Å². The highest BCUT2D eigenvalue weighted by Crippen LogP contribution is 2.39. The lowest BCUT2D eigenvalue weighted by Gasteiger charge is -2.15. The topological polar surface area (TPSA) is 74.9 Å². The number of benzene rings is 2. The molecule has 0 atom stereocenters. The van der Waals surface area contributed by atoms with Crippen molar-refractivity contribution >= 4 is 40.5 Å². The van der Waals surface area contributed by atoms with Crippen LogP contribution in [0.3, 0.4) is 0 Å². The molecular formula is C22H20ClN3O3S. The van der Waals surface area contributed by atoms with Crippen LogP contribution in [-0.2, 0) is 11.4 Å². The number of amidine groups is 1. The minimum absolute atomic E-state index is 0.122. The zero-order valence-corrected chi connectivity index (χ0v) is 18.4. The summed E-state index contributed by atoms with van der Waals surface area (Å²) in [6, 6.07) is 12.9. The molecule has 0 aromatic heterocycles. The highest BCUT2D eigenvalue weighted by molar-refractivity contribution is 8.18. The van der Waals surface area contributed by atoms with Gasteiger partial charge in [0.25, 0.3) is 5.91 Å². The number of carbonyl (C=O) groups is 1. The molecule has 8 heteroatoms. The van der Waals surface area contributed by atoms with Crippen LogP contribution >= 0.6 is 23.4 Å². The molecule has 3 rings (SSSR count). The first-order chi connectivity index (χ1) is 14.5. The molecule has 0 N–H and O–H groups in total. The van der Waals surface area contributed by atoms with Gasteiger partial charge in [0, 0.05) is 19.7 Å². The quantitative estimate of drug-likeness (QED) is 0.606. The van der Waals surface area contributed by atoms with Crippen molar-refractivity contribution in [3.05, 3.63) is 63.0 Å². The molecule has 1 aliphatic rings. The van der Waals surface area contributed by atoms with E-state index in [1.165, 1.54) is 16.7 Å². The molecule has 154 valence electrons. The normalized spacial score (nSPS) is 16.2. The van der Waals surface area contributed by atoms with E-state index in [0.717, 1.165) is 11.1 Å². The van der Waals surface area contributed by atoms with Crippen molar-refractivity contribution < 1.29 is 14.3 Å². The van der Waals surface area contributed by atoms with E-state index in [1.54, 1.807) is 44.4 Å². The number of halogens is 1. The van der Waals surface area contributed by atoms with Crippen molar-refractivity contribution in [1.82, 2.24) is 4.90 Å². The second-order valence-electron chi connectivity index (χ2n) is 6.30. The molecule has 0 saturated carbocycles. The van der Waals surface area contributed by atoms with Gasteiger partial charge in [-0.2, -0.15) is 5.26 Å². The standard InChI is InChI=1S/C22H20ClN3O3S/c1-4-28-18-10-14(11-19-21(27)26(3)22(25-2)30-19)9-17(23)20(18)29-13-16-8-6-5-7-15(16)12-24/h5-11H,4,13H2,1-3H3/b19-11+,25-22?. The van der Waals surface area contributed by atoms with Crippen LogP contribution in [0.4, 0.5) is 0 Å². The summed E-state index contributed by atoms with van der Waals surface area (Å²) in [5.74, 6) is 0.745.